The Hall–Kier alpha value is -2.62. The smallest absolute Gasteiger partial charge is 0.257 e. The van der Waals surface area contributed by atoms with Crippen LogP contribution in [0.15, 0.2) is 48.5 Å². The van der Waals surface area contributed by atoms with Crippen molar-refractivity contribution in [2.75, 3.05) is 13.7 Å². The second-order valence-corrected chi connectivity index (χ2v) is 4.68. The number of likely N-dealkylation sites (N-methyl/N-ethyl adjacent to an activating group) is 1. The lowest BCUT2D eigenvalue weighted by Crippen LogP contribution is -2.24. The molecule has 0 saturated heterocycles. The molecule has 4 heteroatoms. The quantitative estimate of drug-likeness (QED) is 0.857. The summed E-state index contributed by atoms with van der Waals surface area (Å²) in [7, 11) is 1.55. The van der Waals surface area contributed by atoms with E-state index in [-0.39, 0.29) is 18.3 Å². The Balaban J connectivity index is 2.06. The molecule has 2 aromatic rings. The second-order valence-electron chi connectivity index (χ2n) is 4.68. The van der Waals surface area contributed by atoms with Gasteiger partial charge in [-0.2, -0.15) is 0 Å². The molecule has 0 heterocycles. The lowest BCUT2D eigenvalue weighted by atomic mass is 10.0. The average molecular weight is 283 g/mol. The summed E-state index contributed by atoms with van der Waals surface area (Å²) in [6, 6.07) is 14.2. The molecule has 0 aliphatic heterocycles. The van der Waals surface area contributed by atoms with Gasteiger partial charge in [0.1, 0.15) is 5.75 Å². The summed E-state index contributed by atoms with van der Waals surface area (Å²) in [6.07, 6.45) is 0. The van der Waals surface area contributed by atoms with Crippen LogP contribution in [0.4, 0.5) is 0 Å². The van der Waals surface area contributed by atoms with E-state index in [1.54, 1.807) is 31.3 Å². The number of hydrogen-bond donors (Lipinski definition) is 1. The molecule has 21 heavy (non-hydrogen) atoms. The highest BCUT2D eigenvalue weighted by Crippen LogP contribution is 2.16. The van der Waals surface area contributed by atoms with Crippen molar-refractivity contribution < 1.29 is 14.3 Å². The zero-order chi connectivity index (χ0) is 15.2. The van der Waals surface area contributed by atoms with E-state index in [2.05, 4.69) is 5.32 Å². The van der Waals surface area contributed by atoms with Crippen LogP contribution < -0.4 is 10.1 Å². The number of nitrogens with one attached hydrogen (secondary N) is 1. The minimum atomic E-state index is -0.199. The molecule has 0 aliphatic carbocycles. The maximum Gasteiger partial charge on any atom is 0.257 e. The molecule has 0 spiro atoms. The highest BCUT2D eigenvalue weighted by atomic mass is 16.5. The van der Waals surface area contributed by atoms with Crippen LogP contribution in [0.2, 0.25) is 0 Å². The third-order valence-electron chi connectivity index (χ3n) is 3.08. The van der Waals surface area contributed by atoms with Gasteiger partial charge in [-0.3, -0.25) is 9.59 Å². The Morgan fingerprint density at radius 1 is 0.952 bits per heavy atom. The first-order valence-electron chi connectivity index (χ1n) is 6.65. The fourth-order valence-electron chi connectivity index (χ4n) is 1.80. The van der Waals surface area contributed by atoms with E-state index in [9.17, 15) is 9.59 Å². The first-order chi connectivity index (χ1) is 10.1. The van der Waals surface area contributed by atoms with Crippen molar-refractivity contribution in [1.82, 2.24) is 5.32 Å². The molecule has 0 aliphatic rings. The highest BCUT2D eigenvalue weighted by Gasteiger charge is 2.09. The van der Waals surface area contributed by atoms with E-state index in [0.29, 0.717) is 16.9 Å². The largest absolute Gasteiger partial charge is 0.484 e. The minimum absolute atomic E-state index is 0.0344. The van der Waals surface area contributed by atoms with Crippen LogP contribution >= 0.6 is 0 Å². The number of rotatable bonds is 5. The number of aryl methyl sites for hydroxylation is 1. The summed E-state index contributed by atoms with van der Waals surface area (Å²) in [4.78, 5) is 23.4. The highest BCUT2D eigenvalue weighted by molar-refractivity contribution is 6.09. The Bertz CT molecular complexity index is 630. The molecule has 0 bridgehead atoms. The van der Waals surface area contributed by atoms with Crippen molar-refractivity contribution in [2.24, 2.45) is 0 Å². The maximum absolute atomic E-state index is 12.3. The molecule has 2 rings (SSSR count). The molecule has 108 valence electrons. The number of hydrogen-bond acceptors (Lipinski definition) is 3. The topological polar surface area (TPSA) is 55.4 Å². The zero-order valence-electron chi connectivity index (χ0n) is 12.1. The van der Waals surface area contributed by atoms with Crippen LogP contribution in [0.1, 0.15) is 21.5 Å². The number of ketones is 1. The van der Waals surface area contributed by atoms with Crippen LogP contribution in [0.25, 0.3) is 0 Å². The summed E-state index contributed by atoms with van der Waals surface area (Å²) >= 11 is 0. The summed E-state index contributed by atoms with van der Waals surface area (Å²) < 4.78 is 5.29. The van der Waals surface area contributed by atoms with Gasteiger partial charge in [-0.25, -0.2) is 0 Å². The fraction of sp³-hybridized carbons (Fsp3) is 0.176. The van der Waals surface area contributed by atoms with Gasteiger partial charge in [0.05, 0.1) is 0 Å². The molecule has 0 fully saturated rings. The van der Waals surface area contributed by atoms with Crippen molar-refractivity contribution in [1.29, 1.82) is 0 Å². The molecule has 1 N–H and O–H groups in total. The SMILES string of the molecule is CNC(=O)COc1ccc(C(=O)c2ccc(C)cc2)cc1. The van der Waals surface area contributed by atoms with E-state index in [1.165, 1.54) is 0 Å². The normalized spacial score (nSPS) is 10.0. The third-order valence-corrected chi connectivity index (χ3v) is 3.08. The minimum Gasteiger partial charge on any atom is -0.484 e. The van der Waals surface area contributed by atoms with Crippen LogP contribution in [0.3, 0.4) is 0 Å². The van der Waals surface area contributed by atoms with E-state index in [4.69, 9.17) is 4.74 Å². The van der Waals surface area contributed by atoms with Gasteiger partial charge in [-0.1, -0.05) is 29.8 Å². The fourth-order valence-corrected chi connectivity index (χ4v) is 1.80. The predicted molar refractivity (Wildman–Crippen MR) is 80.6 cm³/mol. The number of ether oxygens (including phenoxy) is 1. The van der Waals surface area contributed by atoms with Gasteiger partial charge in [0.25, 0.3) is 5.91 Å². The first kappa shape index (κ1) is 14.8. The molecular weight excluding hydrogens is 266 g/mol. The van der Waals surface area contributed by atoms with Crippen molar-refractivity contribution in [3.05, 3.63) is 65.2 Å². The van der Waals surface area contributed by atoms with Crippen LogP contribution in [0, 0.1) is 6.92 Å². The summed E-state index contributed by atoms with van der Waals surface area (Å²) in [5.74, 6) is 0.321. The molecule has 0 saturated carbocycles. The van der Waals surface area contributed by atoms with Crippen molar-refractivity contribution in [2.45, 2.75) is 6.92 Å². The Kier molecular flexibility index (Phi) is 4.72. The maximum atomic E-state index is 12.3. The number of amides is 1. The summed E-state index contributed by atoms with van der Waals surface area (Å²) in [5.41, 5.74) is 2.36. The van der Waals surface area contributed by atoms with Gasteiger partial charge < -0.3 is 10.1 Å². The van der Waals surface area contributed by atoms with E-state index < -0.39 is 0 Å². The average Bonchev–Trinajstić information content (AvgIpc) is 2.53. The summed E-state index contributed by atoms with van der Waals surface area (Å²) in [5, 5.41) is 2.47. The number of benzene rings is 2. The molecule has 0 aromatic heterocycles. The van der Waals surface area contributed by atoms with E-state index in [0.717, 1.165) is 5.56 Å². The second kappa shape index (κ2) is 6.70. The monoisotopic (exact) mass is 283 g/mol. The molecule has 1 amide bonds. The lowest BCUT2D eigenvalue weighted by Gasteiger charge is -2.06. The van der Waals surface area contributed by atoms with Gasteiger partial charge in [0, 0.05) is 18.2 Å². The van der Waals surface area contributed by atoms with Crippen LogP contribution in [-0.4, -0.2) is 25.3 Å². The van der Waals surface area contributed by atoms with E-state index in [1.807, 2.05) is 31.2 Å². The first-order valence-corrected chi connectivity index (χ1v) is 6.65. The van der Waals surface area contributed by atoms with E-state index >= 15 is 0 Å². The number of carbonyl (C=O) groups excluding carboxylic acids is 2. The zero-order valence-corrected chi connectivity index (χ0v) is 12.1. The van der Waals surface area contributed by atoms with Crippen LogP contribution in [0.5, 0.6) is 5.75 Å². The van der Waals surface area contributed by atoms with Gasteiger partial charge in [0.2, 0.25) is 0 Å². The molecular formula is C17H17NO3. The molecule has 2 aromatic carbocycles. The Morgan fingerprint density at radius 3 is 2.00 bits per heavy atom. The van der Waals surface area contributed by atoms with Crippen molar-refractivity contribution >= 4 is 11.7 Å². The third kappa shape index (κ3) is 3.92. The van der Waals surface area contributed by atoms with Crippen molar-refractivity contribution in [3.8, 4) is 5.75 Å². The molecule has 0 atom stereocenters. The van der Waals surface area contributed by atoms with Gasteiger partial charge in [-0.05, 0) is 31.2 Å². The standard InChI is InChI=1S/C17H17NO3/c1-12-3-5-13(6-4-12)17(20)14-7-9-15(10-8-14)21-11-16(19)18-2/h3-10H,11H2,1-2H3,(H,18,19). The molecule has 0 unspecified atom stereocenters. The van der Waals surface area contributed by atoms with Crippen LogP contribution in [-0.2, 0) is 4.79 Å². The lowest BCUT2D eigenvalue weighted by molar-refractivity contribution is -0.122. The Labute approximate surface area is 123 Å². The number of carbonyl (C=O) groups is 2. The Morgan fingerprint density at radius 2 is 1.48 bits per heavy atom. The molecule has 4 nitrogen and oxygen atoms in total. The predicted octanol–water partition coefficient (Wildman–Crippen LogP) is 2.35. The summed E-state index contributed by atoms with van der Waals surface area (Å²) in [6.45, 7) is 1.94. The molecule has 0 radical (unpaired) electrons. The van der Waals surface area contributed by atoms with Gasteiger partial charge >= 0.3 is 0 Å². The van der Waals surface area contributed by atoms with Crippen molar-refractivity contribution in [3.63, 3.8) is 0 Å². The van der Waals surface area contributed by atoms with Gasteiger partial charge in [-0.15, -0.1) is 0 Å². The van der Waals surface area contributed by atoms with Gasteiger partial charge in [0.15, 0.2) is 12.4 Å².